The van der Waals surface area contributed by atoms with Crippen LogP contribution in [0.2, 0.25) is 0 Å². The third kappa shape index (κ3) is 4.01. The molecule has 0 aliphatic heterocycles. The van der Waals surface area contributed by atoms with Crippen molar-refractivity contribution in [2.24, 2.45) is 5.41 Å². The van der Waals surface area contributed by atoms with Crippen LogP contribution in [-0.2, 0) is 9.53 Å². The molecular formula is C7H14InNO2. The van der Waals surface area contributed by atoms with E-state index in [1.165, 1.54) is 0 Å². The molecular weight excluding hydrogens is 245 g/mol. The Morgan fingerprint density at radius 1 is 1.64 bits per heavy atom. The number of amides is 1. The van der Waals surface area contributed by atoms with Crippen molar-refractivity contribution in [3.63, 3.8) is 0 Å². The summed E-state index contributed by atoms with van der Waals surface area (Å²) in [5.41, 5.74) is -0.379. The Labute approximate surface area is 82.8 Å². The van der Waals surface area contributed by atoms with Crippen molar-refractivity contribution in [2.45, 2.75) is 20.8 Å². The van der Waals surface area contributed by atoms with Crippen molar-refractivity contribution < 1.29 is 9.53 Å². The number of nitrogens with one attached hydrogen (secondary N) is 1. The first-order valence-corrected chi connectivity index (χ1v) is 5.28. The van der Waals surface area contributed by atoms with Gasteiger partial charge in [-0.3, -0.25) is 0 Å². The summed E-state index contributed by atoms with van der Waals surface area (Å²) in [6, 6.07) is 0. The third-order valence-electron chi connectivity index (χ3n) is 1.41. The molecule has 0 aromatic carbocycles. The average Bonchev–Trinajstić information content (AvgIpc) is 1.99. The summed E-state index contributed by atoms with van der Waals surface area (Å²) in [5, 5.41) is 0. The van der Waals surface area contributed by atoms with Crippen molar-refractivity contribution in [1.29, 1.82) is 0 Å². The zero-order chi connectivity index (χ0) is 8.91. The maximum atomic E-state index is 11.2. The van der Waals surface area contributed by atoms with E-state index in [-0.39, 0.29) is 11.3 Å². The number of hydrogen-bond acceptors (Lipinski definition) is 2. The fourth-order valence-electron chi connectivity index (χ4n) is 0.618. The quantitative estimate of drug-likeness (QED) is 0.785. The molecule has 3 nitrogen and oxygen atoms in total. The van der Waals surface area contributed by atoms with Crippen molar-refractivity contribution in [1.82, 2.24) is 3.30 Å². The second kappa shape index (κ2) is 5.04. The fraction of sp³-hybridized carbons (Fsp3) is 0.857. The molecule has 0 saturated heterocycles. The Balaban J connectivity index is 3.88. The second-order valence-corrected chi connectivity index (χ2v) is 3.82. The molecule has 0 unspecified atom stereocenters. The first-order valence-electron chi connectivity index (χ1n) is 3.63. The minimum absolute atomic E-state index is 0.0772. The predicted molar refractivity (Wildman–Crippen MR) is 44.2 cm³/mol. The summed E-state index contributed by atoms with van der Waals surface area (Å²) in [7, 11) is 0. The van der Waals surface area contributed by atoms with E-state index in [0.717, 1.165) is 24.7 Å². The molecule has 11 heavy (non-hydrogen) atoms. The van der Waals surface area contributed by atoms with E-state index in [9.17, 15) is 4.79 Å². The van der Waals surface area contributed by atoms with Gasteiger partial charge in [0.25, 0.3) is 0 Å². The van der Waals surface area contributed by atoms with E-state index in [1.54, 1.807) is 0 Å². The third-order valence-corrected chi connectivity index (χ3v) is 2.16. The van der Waals surface area contributed by atoms with Crippen LogP contribution in [0.25, 0.3) is 0 Å². The van der Waals surface area contributed by atoms with E-state index >= 15 is 0 Å². The fourth-order valence-corrected chi connectivity index (χ4v) is 1.73. The number of ether oxygens (including phenoxy) is 1. The molecule has 0 spiro atoms. The van der Waals surface area contributed by atoms with Gasteiger partial charge in [-0.05, 0) is 0 Å². The van der Waals surface area contributed by atoms with Crippen LogP contribution in [0.1, 0.15) is 20.8 Å². The molecule has 0 saturated carbocycles. The van der Waals surface area contributed by atoms with Gasteiger partial charge in [-0.25, -0.2) is 0 Å². The van der Waals surface area contributed by atoms with Crippen LogP contribution in [0.4, 0.5) is 0 Å². The first kappa shape index (κ1) is 11.3. The second-order valence-electron chi connectivity index (χ2n) is 2.99. The van der Waals surface area contributed by atoms with Gasteiger partial charge in [-0.2, -0.15) is 0 Å². The van der Waals surface area contributed by atoms with Gasteiger partial charge >= 0.3 is 82.8 Å². The van der Waals surface area contributed by atoms with Crippen molar-refractivity contribution in [3.05, 3.63) is 0 Å². The zero-order valence-corrected chi connectivity index (χ0v) is 10.6. The summed E-state index contributed by atoms with van der Waals surface area (Å²) in [6.07, 6.45) is 0. The van der Waals surface area contributed by atoms with Crippen LogP contribution in [0, 0.1) is 5.41 Å². The molecule has 4 heteroatoms. The van der Waals surface area contributed by atoms with Crippen LogP contribution in [0.3, 0.4) is 0 Å². The van der Waals surface area contributed by atoms with Gasteiger partial charge in [0.15, 0.2) is 0 Å². The molecule has 2 radical (unpaired) electrons. The van der Waals surface area contributed by atoms with Gasteiger partial charge in [0.2, 0.25) is 0 Å². The van der Waals surface area contributed by atoms with Crippen LogP contribution < -0.4 is 3.30 Å². The number of hydrogen-bond donors (Lipinski definition) is 1. The SMILES string of the molecule is CCOCC(C)(C)C(=O)[NH][In]. The Bertz CT molecular complexity index is 136. The van der Waals surface area contributed by atoms with Crippen LogP contribution in [0.15, 0.2) is 0 Å². The van der Waals surface area contributed by atoms with E-state index in [4.69, 9.17) is 4.74 Å². The maximum absolute atomic E-state index is 11.2. The molecule has 0 aliphatic carbocycles. The van der Waals surface area contributed by atoms with E-state index in [0.29, 0.717) is 13.2 Å². The molecule has 0 heterocycles. The molecule has 0 aliphatic rings. The van der Waals surface area contributed by atoms with E-state index < -0.39 is 0 Å². The molecule has 62 valence electrons. The average molecular weight is 259 g/mol. The molecule has 0 atom stereocenters. The van der Waals surface area contributed by atoms with Crippen LogP contribution in [-0.4, -0.2) is 43.8 Å². The Morgan fingerprint density at radius 3 is 2.55 bits per heavy atom. The Kier molecular flexibility index (Phi) is 5.17. The normalized spacial score (nSPS) is 11.2. The molecule has 0 fully saturated rings. The van der Waals surface area contributed by atoms with Gasteiger partial charge in [0.1, 0.15) is 0 Å². The van der Waals surface area contributed by atoms with Gasteiger partial charge in [-0.15, -0.1) is 0 Å². The summed E-state index contributed by atoms with van der Waals surface area (Å²) in [5.74, 6) is 0.0772. The van der Waals surface area contributed by atoms with Gasteiger partial charge in [-0.1, -0.05) is 0 Å². The molecule has 0 aromatic heterocycles. The summed E-state index contributed by atoms with van der Waals surface area (Å²) < 4.78 is 7.90. The summed E-state index contributed by atoms with van der Waals surface area (Å²) in [4.78, 5) is 11.2. The van der Waals surface area contributed by atoms with E-state index in [1.807, 2.05) is 20.8 Å². The monoisotopic (exact) mass is 259 g/mol. The molecule has 1 N–H and O–H groups in total. The first-order chi connectivity index (χ1) is 5.04. The molecule has 0 aromatic rings. The minimum atomic E-state index is -0.379. The summed E-state index contributed by atoms with van der Waals surface area (Å²) >= 11 is 0.767. The predicted octanol–water partition coefficient (Wildman–Crippen LogP) is 0.249. The van der Waals surface area contributed by atoms with Crippen molar-refractivity contribution >= 4 is 30.6 Å². The van der Waals surface area contributed by atoms with Gasteiger partial charge < -0.3 is 0 Å². The Morgan fingerprint density at radius 2 is 2.18 bits per heavy atom. The molecule has 0 bridgehead atoms. The zero-order valence-electron chi connectivity index (χ0n) is 7.31. The van der Waals surface area contributed by atoms with Crippen molar-refractivity contribution in [3.8, 4) is 0 Å². The molecule has 1 amide bonds. The number of carbonyl (C=O) groups excluding carboxylic acids is 1. The molecule has 0 rings (SSSR count). The summed E-state index contributed by atoms with van der Waals surface area (Å²) in [6.45, 7) is 6.85. The number of rotatable bonds is 4. The van der Waals surface area contributed by atoms with Gasteiger partial charge in [0, 0.05) is 0 Å². The van der Waals surface area contributed by atoms with Crippen LogP contribution in [0.5, 0.6) is 0 Å². The van der Waals surface area contributed by atoms with E-state index in [2.05, 4.69) is 3.30 Å². The van der Waals surface area contributed by atoms with Crippen molar-refractivity contribution in [2.75, 3.05) is 13.2 Å². The Hall–Kier alpha value is 0.300. The standard InChI is InChI=1S/C7H15NO2.In/c1-4-10-5-7(2,3)6(8)9;/h4-5H2,1-3H3,(H2,8,9);/q;+1/p-1. The number of carbonyl (C=O) groups is 1. The van der Waals surface area contributed by atoms with Gasteiger partial charge in [0.05, 0.1) is 0 Å². The topological polar surface area (TPSA) is 38.3 Å². The van der Waals surface area contributed by atoms with Crippen LogP contribution >= 0.6 is 0 Å².